The van der Waals surface area contributed by atoms with Crippen molar-refractivity contribution in [3.63, 3.8) is 0 Å². The number of aromatic nitrogens is 1. The second-order valence-electron chi connectivity index (χ2n) is 2.15. The Kier molecular flexibility index (Phi) is 2.99. The van der Waals surface area contributed by atoms with Gasteiger partial charge in [0.15, 0.2) is 0 Å². The van der Waals surface area contributed by atoms with Gasteiger partial charge in [-0.1, -0.05) is 18.3 Å². The molecule has 0 radical (unpaired) electrons. The number of carbonyl (C=O) groups excluding carboxylic acids is 1. The third-order valence-electron chi connectivity index (χ3n) is 1.26. The van der Waals surface area contributed by atoms with E-state index in [-0.39, 0.29) is 5.97 Å². The van der Waals surface area contributed by atoms with Gasteiger partial charge in [0.25, 0.3) is 0 Å². The monoisotopic (exact) mass is 183 g/mol. The van der Waals surface area contributed by atoms with E-state index in [0.29, 0.717) is 16.9 Å². The van der Waals surface area contributed by atoms with Gasteiger partial charge in [0.2, 0.25) is 0 Å². The first-order valence-corrected chi connectivity index (χ1v) is 4.01. The first kappa shape index (κ1) is 8.93. The van der Waals surface area contributed by atoms with Crippen LogP contribution in [-0.4, -0.2) is 17.6 Å². The summed E-state index contributed by atoms with van der Waals surface area (Å²) in [5.41, 5.74) is 0.393. The van der Waals surface area contributed by atoms with E-state index in [1.165, 1.54) is 0 Å². The molecule has 1 N–H and O–H groups in total. The maximum absolute atomic E-state index is 11.1. The van der Waals surface area contributed by atoms with Crippen LogP contribution in [0, 0.1) is 4.64 Å². The number of esters is 1. The van der Waals surface area contributed by atoms with Crippen molar-refractivity contribution < 1.29 is 9.53 Å². The number of aromatic amines is 1. The molecule has 1 aromatic rings. The molecule has 0 spiro atoms. The highest BCUT2D eigenvalue weighted by atomic mass is 32.1. The normalized spacial score (nSPS) is 9.42. The van der Waals surface area contributed by atoms with Crippen molar-refractivity contribution in [3.8, 4) is 0 Å². The van der Waals surface area contributed by atoms with Crippen molar-refractivity contribution in [2.75, 3.05) is 6.61 Å². The maximum Gasteiger partial charge on any atom is 0.354 e. The number of hydrogen-bond acceptors (Lipinski definition) is 3. The Morgan fingerprint density at radius 3 is 3.00 bits per heavy atom. The van der Waals surface area contributed by atoms with Crippen molar-refractivity contribution in [1.29, 1.82) is 0 Å². The van der Waals surface area contributed by atoms with Gasteiger partial charge in [0.1, 0.15) is 10.3 Å². The standard InChI is InChI=1S/C8H9NO2S/c1-2-11-8(10)6-4-3-5-7(12)9-6/h3-5H,2H2,1H3,(H,9,12). The molecule has 12 heavy (non-hydrogen) atoms. The van der Waals surface area contributed by atoms with Gasteiger partial charge in [-0.25, -0.2) is 4.79 Å². The van der Waals surface area contributed by atoms with Crippen LogP contribution in [0.3, 0.4) is 0 Å². The van der Waals surface area contributed by atoms with Crippen molar-refractivity contribution in [1.82, 2.24) is 4.98 Å². The lowest BCUT2D eigenvalue weighted by atomic mass is 10.3. The minimum atomic E-state index is -0.371. The highest BCUT2D eigenvalue weighted by Gasteiger charge is 2.04. The Hall–Kier alpha value is -1.16. The molecule has 0 aromatic carbocycles. The maximum atomic E-state index is 11.1. The molecule has 1 heterocycles. The van der Waals surface area contributed by atoms with Crippen LogP contribution in [0.25, 0.3) is 0 Å². The predicted octanol–water partition coefficient (Wildman–Crippen LogP) is 1.92. The molecule has 4 heteroatoms. The Bertz CT molecular complexity index is 332. The Morgan fingerprint density at radius 1 is 1.67 bits per heavy atom. The van der Waals surface area contributed by atoms with Crippen LogP contribution in [0.2, 0.25) is 0 Å². The fourth-order valence-electron chi connectivity index (χ4n) is 0.776. The van der Waals surface area contributed by atoms with E-state index in [9.17, 15) is 4.79 Å². The fourth-order valence-corrected chi connectivity index (χ4v) is 0.964. The van der Waals surface area contributed by atoms with Gasteiger partial charge in [-0.2, -0.15) is 0 Å². The van der Waals surface area contributed by atoms with Crippen LogP contribution >= 0.6 is 12.2 Å². The van der Waals surface area contributed by atoms with E-state index in [1.807, 2.05) is 0 Å². The van der Waals surface area contributed by atoms with Gasteiger partial charge < -0.3 is 9.72 Å². The summed E-state index contributed by atoms with van der Waals surface area (Å²) < 4.78 is 5.29. The summed E-state index contributed by atoms with van der Waals surface area (Å²) in [5.74, 6) is -0.371. The molecule has 0 aliphatic rings. The van der Waals surface area contributed by atoms with Gasteiger partial charge >= 0.3 is 5.97 Å². The largest absolute Gasteiger partial charge is 0.461 e. The van der Waals surface area contributed by atoms with Crippen LogP contribution in [0.15, 0.2) is 18.2 Å². The first-order chi connectivity index (χ1) is 5.74. The third-order valence-corrected chi connectivity index (χ3v) is 1.50. The zero-order chi connectivity index (χ0) is 8.97. The molecular formula is C8H9NO2S. The lowest BCUT2D eigenvalue weighted by Gasteiger charge is -2.00. The molecule has 0 saturated carbocycles. The Labute approximate surface area is 75.4 Å². The van der Waals surface area contributed by atoms with Gasteiger partial charge in [-0.3, -0.25) is 0 Å². The summed E-state index contributed by atoms with van der Waals surface area (Å²) in [4.78, 5) is 13.8. The molecule has 0 atom stereocenters. The molecular weight excluding hydrogens is 174 g/mol. The van der Waals surface area contributed by atoms with E-state index in [4.69, 9.17) is 17.0 Å². The predicted molar refractivity (Wildman–Crippen MR) is 47.6 cm³/mol. The van der Waals surface area contributed by atoms with Crippen LogP contribution in [0.5, 0.6) is 0 Å². The van der Waals surface area contributed by atoms with E-state index in [1.54, 1.807) is 25.1 Å². The lowest BCUT2D eigenvalue weighted by Crippen LogP contribution is -2.06. The molecule has 3 nitrogen and oxygen atoms in total. The smallest absolute Gasteiger partial charge is 0.354 e. The molecule has 0 aliphatic carbocycles. The van der Waals surface area contributed by atoms with Gasteiger partial charge in [0, 0.05) is 0 Å². The molecule has 1 aromatic heterocycles. The number of pyridine rings is 1. The lowest BCUT2D eigenvalue weighted by molar-refractivity contribution is 0.0519. The second kappa shape index (κ2) is 4.01. The molecule has 0 bridgehead atoms. The topological polar surface area (TPSA) is 42.1 Å². The number of hydrogen-bond donors (Lipinski definition) is 1. The zero-order valence-corrected chi connectivity index (χ0v) is 7.48. The third kappa shape index (κ3) is 2.17. The SMILES string of the molecule is CCOC(=O)c1cccc(=S)[nH]1. The van der Waals surface area contributed by atoms with Crippen molar-refractivity contribution >= 4 is 18.2 Å². The summed E-state index contributed by atoms with van der Waals surface area (Å²) in [6, 6.07) is 5.05. The number of nitrogens with one attached hydrogen (secondary N) is 1. The minimum Gasteiger partial charge on any atom is -0.461 e. The first-order valence-electron chi connectivity index (χ1n) is 3.60. The van der Waals surface area contributed by atoms with Crippen LogP contribution < -0.4 is 0 Å². The number of rotatable bonds is 2. The Balaban J connectivity index is 2.88. The molecule has 0 fully saturated rings. The average molecular weight is 183 g/mol. The molecule has 64 valence electrons. The number of H-pyrrole nitrogens is 1. The van der Waals surface area contributed by atoms with Gasteiger partial charge in [-0.05, 0) is 19.1 Å². The van der Waals surface area contributed by atoms with Crippen molar-refractivity contribution in [2.45, 2.75) is 6.92 Å². The molecule has 1 rings (SSSR count). The average Bonchev–Trinajstić information content (AvgIpc) is 2.05. The van der Waals surface area contributed by atoms with Gasteiger partial charge in [0.05, 0.1) is 6.61 Å². The van der Waals surface area contributed by atoms with E-state index in [0.717, 1.165) is 0 Å². The van der Waals surface area contributed by atoms with E-state index in [2.05, 4.69) is 4.98 Å². The van der Waals surface area contributed by atoms with Gasteiger partial charge in [-0.15, -0.1) is 0 Å². The summed E-state index contributed by atoms with van der Waals surface area (Å²) >= 11 is 4.84. The second-order valence-corrected chi connectivity index (χ2v) is 2.59. The fraction of sp³-hybridized carbons (Fsp3) is 0.250. The van der Waals surface area contributed by atoms with Crippen LogP contribution in [0.4, 0.5) is 0 Å². The van der Waals surface area contributed by atoms with E-state index < -0.39 is 0 Å². The number of carbonyl (C=O) groups is 1. The summed E-state index contributed by atoms with van der Waals surface area (Å²) in [7, 11) is 0. The minimum absolute atomic E-state index is 0.369. The summed E-state index contributed by atoms with van der Waals surface area (Å²) in [5, 5.41) is 0. The molecule has 0 aliphatic heterocycles. The Morgan fingerprint density at radius 2 is 2.42 bits per heavy atom. The van der Waals surface area contributed by atoms with Crippen molar-refractivity contribution in [3.05, 3.63) is 28.5 Å². The molecule has 0 unspecified atom stereocenters. The summed E-state index contributed by atoms with van der Waals surface area (Å²) in [6.07, 6.45) is 0. The quantitative estimate of drug-likeness (QED) is 0.562. The number of ether oxygens (including phenoxy) is 1. The zero-order valence-electron chi connectivity index (χ0n) is 6.66. The van der Waals surface area contributed by atoms with Crippen LogP contribution in [-0.2, 0) is 4.74 Å². The summed E-state index contributed by atoms with van der Waals surface area (Å²) in [6.45, 7) is 2.13. The molecule has 0 saturated heterocycles. The highest BCUT2D eigenvalue weighted by molar-refractivity contribution is 7.71. The van der Waals surface area contributed by atoms with Crippen LogP contribution in [0.1, 0.15) is 17.4 Å². The molecule has 0 amide bonds. The highest BCUT2D eigenvalue weighted by Crippen LogP contribution is 1.97. The van der Waals surface area contributed by atoms with Crippen molar-refractivity contribution in [2.24, 2.45) is 0 Å². The van der Waals surface area contributed by atoms with E-state index >= 15 is 0 Å².